The van der Waals surface area contributed by atoms with Gasteiger partial charge in [-0.15, -0.1) is 0 Å². The minimum Gasteiger partial charge on any atom is -0.396 e. The Morgan fingerprint density at radius 1 is 0.328 bits per heavy atom. The molecule has 0 aliphatic heterocycles. The number of hydrogen-bond donors (Lipinski definition) is 8. The maximum atomic E-state index is 10.8. The number of hydrogen-bond acceptors (Lipinski definition) is 16. The monoisotopic (exact) mass is 1610 g/mol. The molecule has 0 spiro atoms. The summed E-state index contributed by atoms with van der Waals surface area (Å²) in [5.41, 5.74) is 3.86. The molecule has 0 aromatic carbocycles. The third-order valence-electron chi connectivity index (χ3n) is 41.1. The summed E-state index contributed by atoms with van der Waals surface area (Å²) in [4.78, 5) is 0. The molecule has 4 aromatic rings. The molecule has 0 bridgehead atoms. The largest absolute Gasteiger partial charge is 0.396 e. The van der Waals surface area contributed by atoms with Crippen LogP contribution in [0.1, 0.15) is 384 Å². The van der Waals surface area contributed by atoms with Crippen molar-refractivity contribution in [2.24, 2.45) is 138 Å². The summed E-state index contributed by atoms with van der Waals surface area (Å²) in [6, 6.07) is 8.60. The van der Waals surface area contributed by atoms with Crippen molar-refractivity contribution in [1.82, 2.24) is 20.6 Å². The van der Waals surface area contributed by atoms with E-state index in [9.17, 15) is 40.9 Å². The maximum absolute atomic E-state index is 10.8. The fourth-order valence-electron chi connectivity index (χ4n) is 35.8. The SMILES string of the molecule is CCc1cc([C@H]2CC[C@H]3C4CC[C@H]5C[C@](C)(O)CC[C@]5(CCO)[C@H]4CC[C@]23C)no1.CCc1cc([C@H]2CC[C@H]3[C@@H]4CC[C@@H]5C[C@](C)(O)CC[C@]5(CCO)[C@H]4CC[C@]23C)no1.C[C@@]1(O)CC[C@@]2(CCO)[C@@H](CCC3[C@@H]4CC[C@H](c5ccno5)[C@@]4(C)CC[C@@H]32)C1.C[C@@]1(O)CC[C@@]2(CCO)[C@@H](CCC3[C@@H]4CC[C@H](c5ccon5)[C@@]4(C)CC[C@@H]32)C1. The van der Waals surface area contributed by atoms with E-state index in [1.54, 1.807) is 12.5 Å². The first-order chi connectivity index (χ1) is 55.4. The van der Waals surface area contributed by atoms with Crippen LogP contribution in [0.5, 0.6) is 0 Å². The number of aliphatic hydroxyl groups excluding tert-OH is 4. The lowest BCUT2D eigenvalue weighted by Gasteiger charge is -2.63. The topological polar surface area (TPSA) is 266 Å². The minimum absolute atomic E-state index is 0.253. The van der Waals surface area contributed by atoms with E-state index in [1.165, 1.54) is 165 Å². The lowest BCUT2D eigenvalue weighted by atomic mass is 9.42. The number of aromatic nitrogens is 4. The highest BCUT2D eigenvalue weighted by Crippen LogP contribution is 2.76. The lowest BCUT2D eigenvalue weighted by molar-refractivity contribution is -0.158. The predicted octanol–water partition coefficient (Wildman–Crippen LogP) is 20.8. The third-order valence-corrected chi connectivity index (χ3v) is 41.1. The molecule has 4 heterocycles. The van der Waals surface area contributed by atoms with E-state index in [0.29, 0.717) is 95.4 Å². The number of aliphatic hydroxyl groups is 8. The molecule has 20 rings (SSSR count). The molecule has 8 N–H and O–H groups in total. The number of aryl methyl sites for hydroxylation is 2. The Balaban J connectivity index is 0.000000111. The van der Waals surface area contributed by atoms with Crippen molar-refractivity contribution >= 4 is 0 Å². The van der Waals surface area contributed by atoms with E-state index >= 15 is 0 Å². The molecular weight excluding hydrogens is 1450 g/mol. The molecule has 16 aliphatic carbocycles. The van der Waals surface area contributed by atoms with Gasteiger partial charge in [0, 0.05) is 87.2 Å². The van der Waals surface area contributed by atoms with Crippen LogP contribution in [0.15, 0.2) is 54.8 Å². The zero-order valence-electron chi connectivity index (χ0n) is 73.5. The van der Waals surface area contributed by atoms with Gasteiger partial charge in [-0.2, -0.15) is 0 Å². The van der Waals surface area contributed by atoms with Crippen LogP contribution in [-0.2, 0) is 12.8 Å². The maximum Gasteiger partial charge on any atom is 0.140 e. The quantitative estimate of drug-likeness (QED) is 0.0583. The molecule has 16 fully saturated rings. The highest BCUT2D eigenvalue weighted by atomic mass is 16.5. The van der Waals surface area contributed by atoms with Gasteiger partial charge in [0.15, 0.2) is 0 Å². The van der Waals surface area contributed by atoms with E-state index in [2.05, 4.69) is 86.4 Å². The van der Waals surface area contributed by atoms with Crippen LogP contribution < -0.4 is 0 Å². The Morgan fingerprint density at radius 2 is 0.638 bits per heavy atom. The highest BCUT2D eigenvalue weighted by Gasteiger charge is 2.68. The van der Waals surface area contributed by atoms with E-state index in [-0.39, 0.29) is 21.7 Å². The minimum atomic E-state index is -0.512. The molecule has 648 valence electrons. The number of nitrogens with zero attached hydrogens (tertiary/aromatic N) is 4. The molecular formula is C100H156N4O12. The Labute approximate surface area is 696 Å². The molecule has 0 saturated heterocycles. The van der Waals surface area contributed by atoms with Gasteiger partial charge in [0.25, 0.3) is 0 Å². The second kappa shape index (κ2) is 31.9. The average molecular weight is 1610 g/mol. The smallest absolute Gasteiger partial charge is 0.140 e. The Kier molecular flexibility index (Phi) is 23.3. The Bertz CT molecular complexity index is 3690. The van der Waals surface area contributed by atoms with Gasteiger partial charge in [-0.3, -0.25) is 0 Å². The predicted molar refractivity (Wildman–Crippen MR) is 449 cm³/mol. The van der Waals surface area contributed by atoms with Gasteiger partial charge in [-0.25, -0.2) is 0 Å². The molecule has 3 unspecified atom stereocenters. The van der Waals surface area contributed by atoms with E-state index < -0.39 is 22.4 Å². The van der Waals surface area contributed by atoms with Crippen LogP contribution in [0.25, 0.3) is 0 Å². The fraction of sp³-hybridized carbons (Fsp3) is 0.880. The summed E-state index contributed by atoms with van der Waals surface area (Å²) < 4.78 is 22.0. The van der Waals surface area contributed by atoms with Crippen molar-refractivity contribution in [2.45, 2.75) is 385 Å². The Morgan fingerprint density at radius 3 is 0.914 bits per heavy atom. The van der Waals surface area contributed by atoms with Crippen molar-refractivity contribution in [3.05, 3.63) is 71.1 Å². The highest BCUT2D eigenvalue weighted by molar-refractivity contribution is 5.26. The second-order valence-electron chi connectivity index (χ2n) is 45.9. The summed E-state index contributed by atoms with van der Waals surface area (Å²) in [5, 5.41) is 100. The average Bonchev–Trinajstić information content (AvgIpc) is 1.27. The third kappa shape index (κ3) is 14.3. The lowest BCUT2D eigenvalue weighted by Crippen LogP contribution is -2.56. The van der Waals surface area contributed by atoms with Crippen molar-refractivity contribution in [3.63, 3.8) is 0 Å². The van der Waals surface area contributed by atoms with Crippen molar-refractivity contribution in [3.8, 4) is 0 Å². The molecule has 16 nitrogen and oxygen atoms in total. The standard InChI is InChI=1S/2C26H41NO3.2C24H37NO3/c2*1-4-18-15-23(27-30-18)22-8-7-20-19-6-5-17-16-24(2,29)11-12-26(17,13-14-28)21(19)9-10-25(20,22)3;1-22(27)10-11-24(12-13-26)16(15-22)3-4-17-18-5-6-20(21-8-14-28-25-21)23(18,2)9-7-19(17)24;1-22(27)10-11-24(12-14-26)16(15-22)3-4-17-18-5-6-20(21-8-13-25-28-21)23(18,2)9-7-19(17)24/h2*15,17,19-22,28-29H,4-14,16H2,1-3H3;8,14,16-20,26-27H,3-7,9-13,15H2,1-2H3;8,13,16-20,26-27H,3-7,9-12,14-15H2,1-2H3/t17-,19?,20-,21-,22+,24+,25-,26+;17-,19+,20+,21+,22-,24-,25+,26-;2*16-,17?,18-,19-,20+,22+,23-,24+/m0100/s1. The summed E-state index contributed by atoms with van der Waals surface area (Å²) in [6.07, 6.45) is 51.4. The molecule has 0 radical (unpaired) electrons. The first-order valence-electron chi connectivity index (χ1n) is 48.5. The van der Waals surface area contributed by atoms with Gasteiger partial charge in [0.1, 0.15) is 23.5 Å². The van der Waals surface area contributed by atoms with Crippen LogP contribution in [-0.4, -0.2) is 110 Å². The van der Waals surface area contributed by atoms with Crippen LogP contribution in [0.4, 0.5) is 0 Å². The Hall–Kier alpha value is -3.48. The molecule has 4 aromatic heterocycles. The summed E-state index contributed by atoms with van der Waals surface area (Å²) in [6.45, 7) is 23.7. The van der Waals surface area contributed by atoms with Crippen LogP contribution in [0.2, 0.25) is 0 Å². The molecule has 16 aliphatic rings. The van der Waals surface area contributed by atoms with Crippen LogP contribution in [0.3, 0.4) is 0 Å². The number of fused-ring (bicyclic) bond motifs is 20. The second-order valence-corrected chi connectivity index (χ2v) is 45.9. The van der Waals surface area contributed by atoms with Crippen molar-refractivity contribution < 1.29 is 58.9 Å². The molecule has 32 atom stereocenters. The summed E-state index contributed by atoms with van der Waals surface area (Å²) in [7, 11) is 0. The zero-order valence-corrected chi connectivity index (χ0v) is 73.5. The van der Waals surface area contributed by atoms with Crippen molar-refractivity contribution in [2.75, 3.05) is 26.4 Å². The van der Waals surface area contributed by atoms with Gasteiger partial charge in [0.05, 0.1) is 45.7 Å². The molecule has 0 amide bonds. The molecule has 16 heteroatoms. The number of rotatable bonds is 14. The van der Waals surface area contributed by atoms with E-state index in [1.807, 2.05) is 27.7 Å². The van der Waals surface area contributed by atoms with Crippen molar-refractivity contribution in [1.29, 1.82) is 0 Å². The van der Waals surface area contributed by atoms with Gasteiger partial charge in [-0.05, 0) is 423 Å². The normalized spacial score (nSPS) is 49.3. The first-order valence-corrected chi connectivity index (χ1v) is 48.5. The summed E-state index contributed by atoms with van der Waals surface area (Å²) >= 11 is 0. The van der Waals surface area contributed by atoms with Crippen LogP contribution >= 0.6 is 0 Å². The molecule has 116 heavy (non-hydrogen) atoms. The first kappa shape index (κ1) is 84.7. The summed E-state index contributed by atoms with van der Waals surface area (Å²) in [5.74, 6) is 16.6. The van der Waals surface area contributed by atoms with Crippen LogP contribution in [0, 0.1) is 138 Å². The molecule has 16 saturated carbocycles. The van der Waals surface area contributed by atoms with Gasteiger partial charge < -0.3 is 58.9 Å². The van der Waals surface area contributed by atoms with Gasteiger partial charge >= 0.3 is 0 Å². The van der Waals surface area contributed by atoms with E-state index in [0.717, 1.165) is 210 Å². The zero-order chi connectivity index (χ0) is 81.4. The fourth-order valence-corrected chi connectivity index (χ4v) is 35.8. The van der Waals surface area contributed by atoms with Gasteiger partial charge in [0.2, 0.25) is 0 Å². The van der Waals surface area contributed by atoms with E-state index in [4.69, 9.17) is 18.1 Å². The van der Waals surface area contributed by atoms with Gasteiger partial charge in [-0.1, -0.05) is 62.2 Å².